The second-order valence-electron chi connectivity index (χ2n) is 9.35. The summed E-state index contributed by atoms with van der Waals surface area (Å²) in [5.74, 6) is -1.06. The van der Waals surface area contributed by atoms with Gasteiger partial charge < -0.3 is 20.5 Å². The van der Waals surface area contributed by atoms with Gasteiger partial charge in [-0.15, -0.1) is 0 Å². The molecule has 7 heteroatoms. The molecule has 0 aliphatic heterocycles. The number of amides is 2. The molecule has 182 valence electrons. The highest BCUT2D eigenvalue weighted by molar-refractivity contribution is 5.80. The molecule has 2 atom stereocenters. The van der Waals surface area contributed by atoms with Gasteiger partial charge in [0.05, 0.1) is 5.41 Å². The van der Waals surface area contributed by atoms with Crippen LogP contribution in [0.15, 0.2) is 48.5 Å². The highest BCUT2D eigenvalue weighted by Crippen LogP contribution is 2.44. The predicted molar refractivity (Wildman–Crippen MR) is 131 cm³/mol. The Hall–Kier alpha value is -3.35. The molecule has 0 fully saturated rings. The molecule has 1 aliphatic carbocycles. The number of nitrogens with one attached hydrogen (secondary N) is 2. The van der Waals surface area contributed by atoms with Crippen LogP contribution in [0.25, 0.3) is 11.1 Å². The van der Waals surface area contributed by atoms with E-state index in [9.17, 15) is 19.5 Å². The van der Waals surface area contributed by atoms with Crippen molar-refractivity contribution in [2.24, 2.45) is 11.3 Å². The van der Waals surface area contributed by atoms with Crippen LogP contribution in [0.5, 0.6) is 0 Å². The van der Waals surface area contributed by atoms with Crippen LogP contribution in [0, 0.1) is 11.3 Å². The molecule has 0 radical (unpaired) electrons. The standard InChI is InChI=1S/C27H34N2O5/c1-4-27(3,25(31)32)17-29-24(30)15-18(2)13-14-28-26(33)34-16-23-21-11-7-5-9-19(21)20-10-6-8-12-22(20)23/h5-12,18,23H,4,13-17H2,1-3H3,(H,28,33)(H,29,30)(H,31,32). The second-order valence-corrected chi connectivity index (χ2v) is 9.35. The Bertz CT molecular complexity index is 992. The molecule has 3 rings (SSSR count). The third-order valence-corrected chi connectivity index (χ3v) is 6.76. The number of carbonyl (C=O) groups is 3. The van der Waals surface area contributed by atoms with Crippen LogP contribution in [-0.4, -0.2) is 42.8 Å². The van der Waals surface area contributed by atoms with Gasteiger partial charge in [0.2, 0.25) is 5.91 Å². The first-order valence-corrected chi connectivity index (χ1v) is 11.8. The van der Waals surface area contributed by atoms with Crippen molar-refractivity contribution in [3.63, 3.8) is 0 Å². The first-order chi connectivity index (χ1) is 16.2. The Balaban J connectivity index is 1.40. The zero-order valence-corrected chi connectivity index (χ0v) is 20.1. The average Bonchev–Trinajstić information content (AvgIpc) is 3.14. The molecular formula is C27H34N2O5. The maximum Gasteiger partial charge on any atom is 0.407 e. The Kier molecular flexibility index (Phi) is 8.31. The van der Waals surface area contributed by atoms with Gasteiger partial charge in [-0.25, -0.2) is 4.79 Å². The quantitative estimate of drug-likeness (QED) is 0.450. The van der Waals surface area contributed by atoms with E-state index in [4.69, 9.17) is 4.74 Å². The fourth-order valence-corrected chi connectivity index (χ4v) is 4.21. The highest BCUT2D eigenvalue weighted by Gasteiger charge is 2.31. The molecule has 0 saturated carbocycles. The van der Waals surface area contributed by atoms with Crippen molar-refractivity contribution in [3.8, 4) is 11.1 Å². The number of hydrogen-bond donors (Lipinski definition) is 3. The topological polar surface area (TPSA) is 105 Å². The lowest BCUT2D eigenvalue weighted by Crippen LogP contribution is -2.41. The van der Waals surface area contributed by atoms with Gasteiger partial charge in [-0.1, -0.05) is 62.4 Å². The molecule has 1 aliphatic rings. The molecule has 0 saturated heterocycles. The van der Waals surface area contributed by atoms with E-state index in [2.05, 4.69) is 34.9 Å². The summed E-state index contributed by atoms with van der Waals surface area (Å²) in [6.07, 6.45) is 0.842. The first kappa shape index (κ1) is 25.3. The van der Waals surface area contributed by atoms with Gasteiger partial charge in [0.25, 0.3) is 0 Å². The van der Waals surface area contributed by atoms with Crippen molar-refractivity contribution >= 4 is 18.0 Å². The van der Waals surface area contributed by atoms with Gasteiger partial charge in [-0.05, 0) is 47.9 Å². The minimum atomic E-state index is -0.968. The molecule has 0 bridgehead atoms. The van der Waals surface area contributed by atoms with Crippen LogP contribution < -0.4 is 10.6 Å². The number of aliphatic carboxylic acids is 1. The molecule has 0 aromatic heterocycles. The third-order valence-electron chi connectivity index (χ3n) is 6.76. The number of carboxylic acids is 1. The van der Waals surface area contributed by atoms with Gasteiger partial charge in [0.15, 0.2) is 0 Å². The number of ether oxygens (including phenoxy) is 1. The summed E-state index contributed by atoms with van der Waals surface area (Å²) in [5.41, 5.74) is 3.73. The van der Waals surface area contributed by atoms with Crippen molar-refractivity contribution in [2.45, 2.75) is 46.0 Å². The summed E-state index contributed by atoms with van der Waals surface area (Å²) in [6, 6.07) is 16.4. The molecule has 2 aromatic carbocycles. The summed E-state index contributed by atoms with van der Waals surface area (Å²) in [4.78, 5) is 35.8. The van der Waals surface area contributed by atoms with E-state index < -0.39 is 17.5 Å². The second kappa shape index (κ2) is 11.2. The van der Waals surface area contributed by atoms with Crippen LogP contribution in [0.4, 0.5) is 4.79 Å². The summed E-state index contributed by atoms with van der Waals surface area (Å²) < 4.78 is 5.53. The van der Waals surface area contributed by atoms with Crippen molar-refractivity contribution in [3.05, 3.63) is 59.7 Å². The monoisotopic (exact) mass is 466 g/mol. The number of rotatable bonds is 11. The number of carboxylic acid groups (broad SMARTS) is 1. The van der Waals surface area contributed by atoms with Crippen LogP contribution in [-0.2, 0) is 14.3 Å². The van der Waals surface area contributed by atoms with Crippen molar-refractivity contribution in [1.82, 2.24) is 10.6 Å². The van der Waals surface area contributed by atoms with Crippen molar-refractivity contribution < 1.29 is 24.2 Å². The van der Waals surface area contributed by atoms with E-state index in [0.29, 0.717) is 19.4 Å². The minimum absolute atomic E-state index is 0.0142. The predicted octanol–water partition coefficient (Wildman–Crippen LogP) is 4.56. The number of alkyl carbamates (subject to hydrolysis) is 1. The van der Waals surface area contributed by atoms with E-state index in [1.165, 1.54) is 22.3 Å². The molecule has 7 nitrogen and oxygen atoms in total. The first-order valence-electron chi connectivity index (χ1n) is 11.8. The van der Waals surface area contributed by atoms with Crippen LogP contribution in [0.1, 0.15) is 57.1 Å². The maximum absolute atomic E-state index is 12.3. The lowest BCUT2D eigenvalue weighted by molar-refractivity contribution is -0.148. The zero-order chi connectivity index (χ0) is 24.7. The number of hydrogen-bond acceptors (Lipinski definition) is 4. The molecule has 2 unspecified atom stereocenters. The third kappa shape index (κ3) is 5.95. The van der Waals surface area contributed by atoms with Crippen LogP contribution in [0.2, 0.25) is 0 Å². The summed E-state index contributed by atoms with van der Waals surface area (Å²) >= 11 is 0. The minimum Gasteiger partial charge on any atom is -0.481 e. The van der Waals surface area contributed by atoms with E-state index in [0.717, 1.165) is 0 Å². The van der Waals surface area contributed by atoms with E-state index in [1.54, 1.807) is 13.8 Å². The fourth-order valence-electron chi connectivity index (χ4n) is 4.21. The highest BCUT2D eigenvalue weighted by atomic mass is 16.5. The number of carbonyl (C=O) groups excluding carboxylic acids is 2. The Morgan fingerprint density at radius 1 is 1.03 bits per heavy atom. The van der Waals surface area contributed by atoms with Gasteiger partial charge in [0.1, 0.15) is 6.61 Å². The lowest BCUT2D eigenvalue weighted by Gasteiger charge is -2.23. The van der Waals surface area contributed by atoms with Gasteiger partial charge in [-0.2, -0.15) is 0 Å². The normalized spacial score (nSPS) is 14.9. The largest absolute Gasteiger partial charge is 0.481 e. The zero-order valence-electron chi connectivity index (χ0n) is 20.1. The van der Waals surface area contributed by atoms with Gasteiger partial charge in [0, 0.05) is 25.4 Å². The smallest absolute Gasteiger partial charge is 0.407 e. The van der Waals surface area contributed by atoms with Crippen LogP contribution in [0.3, 0.4) is 0 Å². The molecule has 0 spiro atoms. The SMILES string of the molecule is CCC(C)(CNC(=O)CC(C)CCNC(=O)OCC1c2ccccc2-c2ccccc21)C(=O)O. The van der Waals surface area contributed by atoms with E-state index in [1.807, 2.05) is 31.2 Å². The Labute approximate surface area is 200 Å². The molecule has 34 heavy (non-hydrogen) atoms. The Morgan fingerprint density at radius 2 is 1.62 bits per heavy atom. The molecule has 0 heterocycles. The Morgan fingerprint density at radius 3 is 2.18 bits per heavy atom. The molecule has 3 N–H and O–H groups in total. The number of benzene rings is 2. The number of fused-ring (bicyclic) bond motifs is 3. The maximum atomic E-state index is 12.3. The summed E-state index contributed by atoms with van der Waals surface area (Å²) in [7, 11) is 0. The van der Waals surface area contributed by atoms with Crippen molar-refractivity contribution in [1.29, 1.82) is 0 Å². The molecule has 2 aromatic rings. The van der Waals surface area contributed by atoms with Crippen LogP contribution >= 0.6 is 0 Å². The fraction of sp³-hybridized carbons (Fsp3) is 0.444. The lowest BCUT2D eigenvalue weighted by atomic mass is 9.87. The average molecular weight is 467 g/mol. The van der Waals surface area contributed by atoms with E-state index in [-0.39, 0.29) is 37.3 Å². The van der Waals surface area contributed by atoms with E-state index >= 15 is 0 Å². The van der Waals surface area contributed by atoms with Gasteiger partial charge >= 0.3 is 12.1 Å². The summed E-state index contributed by atoms with van der Waals surface area (Å²) in [6.45, 7) is 6.09. The molecule has 2 amide bonds. The van der Waals surface area contributed by atoms with Gasteiger partial charge in [-0.3, -0.25) is 9.59 Å². The molecular weight excluding hydrogens is 432 g/mol. The summed E-state index contributed by atoms with van der Waals surface area (Å²) in [5, 5.41) is 14.8. The van der Waals surface area contributed by atoms with Crippen molar-refractivity contribution in [2.75, 3.05) is 19.7 Å².